The van der Waals surface area contributed by atoms with Crippen molar-refractivity contribution < 1.29 is 9.72 Å². The van der Waals surface area contributed by atoms with Crippen LogP contribution in [0.5, 0.6) is 0 Å². The zero-order valence-corrected chi connectivity index (χ0v) is 18.6. The molecule has 1 aromatic carbocycles. The molecule has 11 heteroatoms. The molecule has 0 unspecified atom stereocenters. The summed E-state index contributed by atoms with van der Waals surface area (Å²) in [4.78, 5) is 42.5. The van der Waals surface area contributed by atoms with Crippen molar-refractivity contribution in [2.75, 3.05) is 11.1 Å². The van der Waals surface area contributed by atoms with E-state index in [9.17, 15) is 19.7 Å². The predicted octanol–water partition coefficient (Wildman–Crippen LogP) is 4.43. The van der Waals surface area contributed by atoms with Crippen molar-refractivity contribution in [2.45, 2.75) is 31.0 Å². The molecule has 0 radical (unpaired) electrons. The van der Waals surface area contributed by atoms with Crippen LogP contribution >= 0.6 is 34.7 Å². The van der Waals surface area contributed by atoms with E-state index in [-0.39, 0.29) is 33.6 Å². The van der Waals surface area contributed by atoms with E-state index in [0.29, 0.717) is 21.9 Å². The number of aromatic nitrogens is 2. The number of nitro groups is 1. The van der Waals surface area contributed by atoms with Gasteiger partial charge in [-0.2, -0.15) is 0 Å². The molecule has 1 aliphatic carbocycles. The van der Waals surface area contributed by atoms with Crippen LogP contribution in [0.15, 0.2) is 40.8 Å². The number of thiophene rings is 1. The molecule has 0 saturated carbocycles. The Morgan fingerprint density at radius 1 is 1.45 bits per heavy atom. The van der Waals surface area contributed by atoms with Crippen molar-refractivity contribution in [3.63, 3.8) is 0 Å². The number of amides is 1. The Morgan fingerprint density at radius 3 is 3.00 bits per heavy atom. The summed E-state index contributed by atoms with van der Waals surface area (Å²) in [6, 6.07) is 4.05. The molecule has 8 nitrogen and oxygen atoms in total. The topological polar surface area (TPSA) is 107 Å². The van der Waals surface area contributed by atoms with Crippen molar-refractivity contribution in [3.8, 4) is 0 Å². The highest BCUT2D eigenvalue weighted by atomic mass is 35.5. The fraction of sp³-hybridized carbons (Fsp3) is 0.250. The third-order valence-electron chi connectivity index (χ3n) is 4.86. The lowest BCUT2D eigenvalue weighted by Gasteiger charge is -2.11. The third kappa shape index (κ3) is 4.23. The van der Waals surface area contributed by atoms with Crippen molar-refractivity contribution in [2.24, 2.45) is 0 Å². The van der Waals surface area contributed by atoms with E-state index in [2.05, 4.69) is 16.9 Å². The number of hydrogen-bond acceptors (Lipinski definition) is 7. The number of carbonyl (C=O) groups is 1. The number of aryl methyl sites for hydroxylation is 2. The van der Waals surface area contributed by atoms with E-state index in [1.807, 2.05) is 0 Å². The average Bonchev–Trinajstić information content (AvgIpc) is 3.31. The molecule has 0 bridgehead atoms. The zero-order valence-electron chi connectivity index (χ0n) is 16.2. The number of nitrogens with one attached hydrogen (secondary N) is 1. The van der Waals surface area contributed by atoms with Crippen LogP contribution in [0.25, 0.3) is 10.2 Å². The Kier molecular flexibility index (Phi) is 6.12. The van der Waals surface area contributed by atoms with Gasteiger partial charge in [0.2, 0.25) is 5.91 Å². The maximum atomic E-state index is 13.1. The maximum Gasteiger partial charge on any atom is 0.289 e. The fourth-order valence-corrected chi connectivity index (χ4v) is 5.81. The molecule has 1 N–H and O–H groups in total. The van der Waals surface area contributed by atoms with E-state index in [4.69, 9.17) is 11.6 Å². The number of rotatable bonds is 7. The van der Waals surface area contributed by atoms with Gasteiger partial charge >= 0.3 is 0 Å². The van der Waals surface area contributed by atoms with Gasteiger partial charge in [0.15, 0.2) is 5.16 Å². The first-order valence-corrected chi connectivity index (χ1v) is 11.6. The van der Waals surface area contributed by atoms with Gasteiger partial charge in [0.05, 0.1) is 16.1 Å². The lowest BCUT2D eigenvalue weighted by molar-refractivity contribution is -0.384. The van der Waals surface area contributed by atoms with Crippen molar-refractivity contribution >= 4 is 62.2 Å². The number of allylic oxidation sites excluding steroid dienone is 1. The second kappa shape index (κ2) is 8.81. The molecule has 160 valence electrons. The molecule has 2 aromatic heterocycles. The highest BCUT2D eigenvalue weighted by molar-refractivity contribution is 7.99. The minimum Gasteiger partial charge on any atom is -0.325 e. The largest absolute Gasteiger partial charge is 0.325 e. The minimum absolute atomic E-state index is 0.00818. The number of fused-ring (bicyclic) bond motifs is 3. The molecule has 0 spiro atoms. The molecule has 1 amide bonds. The van der Waals surface area contributed by atoms with Gasteiger partial charge in [-0.1, -0.05) is 29.4 Å². The molecule has 0 saturated heterocycles. The first-order chi connectivity index (χ1) is 14.9. The van der Waals surface area contributed by atoms with Crippen LogP contribution in [0.4, 0.5) is 11.4 Å². The van der Waals surface area contributed by atoms with Gasteiger partial charge in [-0.15, -0.1) is 17.9 Å². The number of carbonyl (C=O) groups excluding carboxylic acids is 1. The number of hydrogen-bond donors (Lipinski definition) is 1. The second-order valence-corrected chi connectivity index (χ2v) is 9.33. The van der Waals surface area contributed by atoms with Crippen LogP contribution in [0.3, 0.4) is 0 Å². The average molecular weight is 477 g/mol. The summed E-state index contributed by atoms with van der Waals surface area (Å²) >= 11 is 8.48. The normalized spacial score (nSPS) is 12.7. The highest BCUT2D eigenvalue weighted by Gasteiger charge is 2.23. The third-order valence-corrected chi connectivity index (χ3v) is 7.34. The van der Waals surface area contributed by atoms with Gasteiger partial charge in [-0.05, 0) is 37.0 Å². The SMILES string of the molecule is C=CCn1c(SCC(=O)Nc2ccc(Cl)c([N+](=O)[O-])c2)nc2sc3c(c2c1=O)CCC3. The Bertz CT molecular complexity index is 1280. The standard InChI is InChI=1S/C20H17ClN4O4S2/c1-2-8-24-19(27)17-12-4-3-5-15(12)31-18(17)23-20(24)30-10-16(26)22-11-6-7-13(21)14(9-11)25(28)29/h2,6-7,9H,1,3-5,8,10H2,(H,22,26). The summed E-state index contributed by atoms with van der Waals surface area (Å²) in [7, 11) is 0. The molecule has 0 aliphatic heterocycles. The number of nitro benzene ring substituents is 1. The molecule has 0 fully saturated rings. The Labute approximate surface area is 190 Å². The van der Waals surface area contributed by atoms with Gasteiger partial charge in [0, 0.05) is 23.2 Å². The molecule has 3 aromatic rings. The lowest BCUT2D eigenvalue weighted by atomic mass is 10.2. The molecular formula is C20H17ClN4O4S2. The Morgan fingerprint density at radius 2 is 2.26 bits per heavy atom. The Hall–Kier alpha value is -2.69. The van der Waals surface area contributed by atoms with E-state index in [0.717, 1.165) is 36.6 Å². The number of benzene rings is 1. The highest BCUT2D eigenvalue weighted by Crippen LogP contribution is 2.35. The maximum absolute atomic E-state index is 13.1. The van der Waals surface area contributed by atoms with Crippen LogP contribution in [0.1, 0.15) is 16.9 Å². The van der Waals surface area contributed by atoms with Crippen LogP contribution in [0.2, 0.25) is 5.02 Å². The van der Waals surface area contributed by atoms with Crippen LogP contribution in [-0.4, -0.2) is 26.1 Å². The second-order valence-electron chi connectivity index (χ2n) is 6.90. The summed E-state index contributed by atoms with van der Waals surface area (Å²) in [5.41, 5.74) is 0.975. The van der Waals surface area contributed by atoms with Gasteiger partial charge in [0.1, 0.15) is 9.85 Å². The van der Waals surface area contributed by atoms with Crippen LogP contribution in [-0.2, 0) is 24.2 Å². The smallest absolute Gasteiger partial charge is 0.289 e. The molecule has 1 aliphatic rings. The van der Waals surface area contributed by atoms with Gasteiger partial charge in [-0.25, -0.2) is 4.98 Å². The summed E-state index contributed by atoms with van der Waals surface area (Å²) < 4.78 is 1.53. The monoisotopic (exact) mass is 476 g/mol. The molecule has 31 heavy (non-hydrogen) atoms. The van der Waals surface area contributed by atoms with Gasteiger partial charge in [-0.3, -0.25) is 24.3 Å². The first kappa shape index (κ1) is 21.5. The summed E-state index contributed by atoms with van der Waals surface area (Å²) in [6.07, 6.45) is 4.54. The first-order valence-electron chi connectivity index (χ1n) is 9.41. The quantitative estimate of drug-likeness (QED) is 0.178. The molecular weight excluding hydrogens is 460 g/mol. The van der Waals surface area contributed by atoms with E-state index in [1.165, 1.54) is 27.6 Å². The van der Waals surface area contributed by atoms with Crippen molar-refractivity contribution in [3.05, 3.63) is 66.8 Å². The number of thioether (sulfide) groups is 1. The molecule has 4 rings (SSSR count). The Balaban J connectivity index is 1.56. The van der Waals surface area contributed by atoms with Crippen molar-refractivity contribution in [1.29, 1.82) is 0 Å². The number of halogens is 1. The predicted molar refractivity (Wildman–Crippen MR) is 124 cm³/mol. The van der Waals surface area contributed by atoms with E-state index < -0.39 is 4.92 Å². The van der Waals surface area contributed by atoms with Gasteiger partial charge in [0.25, 0.3) is 11.2 Å². The van der Waals surface area contributed by atoms with Crippen LogP contribution < -0.4 is 10.9 Å². The van der Waals surface area contributed by atoms with Crippen molar-refractivity contribution in [1.82, 2.24) is 9.55 Å². The van der Waals surface area contributed by atoms with E-state index >= 15 is 0 Å². The summed E-state index contributed by atoms with van der Waals surface area (Å²) in [5, 5.41) is 14.7. The number of nitrogens with zero attached hydrogens (tertiary/aromatic N) is 3. The zero-order chi connectivity index (χ0) is 22.1. The lowest BCUT2D eigenvalue weighted by Crippen LogP contribution is -2.24. The summed E-state index contributed by atoms with van der Waals surface area (Å²) in [6.45, 7) is 4.01. The van der Waals surface area contributed by atoms with Gasteiger partial charge < -0.3 is 5.32 Å². The molecule has 2 heterocycles. The molecule has 0 atom stereocenters. The number of anilines is 1. The fourth-order valence-electron chi connectivity index (χ4n) is 3.52. The van der Waals surface area contributed by atoms with Crippen LogP contribution in [0, 0.1) is 10.1 Å². The summed E-state index contributed by atoms with van der Waals surface area (Å²) in [5.74, 6) is -0.397. The van der Waals surface area contributed by atoms with E-state index in [1.54, 1.807) is 17.4 Å². The minimum atomic E-state index is -0.613.